The van der Waals surface area contributed by atoms with Gasteiger partial charge in [0.05, 0.1) is 19.1 Å². The number of halogens is 1. The Balaban J connectivity index is 0.00000256. The molecule has 0 aliphatic rings. The number of thioether (sulfide) groups is 1. The van der Waals surface area contributed by atoms with Crippen LogP contribution < -0.4 is 15.2 Å². The molecule has 1 atom stereocenters. The van der Waals surface area contributed by atoms with Crippen molar-refractivity contribution in [1.29, 1.82) is 0 Å². The van der Waals surface area contributed by atoms with Gasteiger partial charge in [0.15, 0.2) is 0 Å². The van der Waals surface area contributed by atoms with E-state index < -0.39 is 0 Å². The minimum Gasteiger partial charge on any atom is -0.496 e. The van der Waals surface area contributed by atoms with E-state index in [1.54, 1.807) is 26.0 Å². The van der Waals surface area contributed by atoms with Crippen molar-refractivity contribution in [2.45, 2.75) is 24.3 Å². The van der Waals surface area contributed by atoms with Gasteiger partial charge < -0.3 is 15.2 Å². The second-order valence-electron chi connectivity index (χ2n) is 3.70. The van der Waals surface area contributed by atoms with Crippen molar-refractivity contribution in [2.24, 2.45) is 5.73 Å². The number of benzene rings is 1. The van der Waals surface area contributed by atoms with Crippen molar-refractivity contribution in [1.82, 2.24) is 0 Å². The molecule has 1 aromatic rings. The number of rotatable bonds is 5. The number of hydrogen-bond donors (Lipinski definition) is 1. The van der Waals surface area contributed by atoms with Crippen molar-refractivity contribution in [3.05, 3.63) is 17.7 Å². The molecule has 3 nitrogen and oxygen atoms in total. The Labute approximate surface area is 113 Å². The second kappa shape index (κ2) is 7.69. The Morgan fingerprint density at radius 1 is 1.24 bits per heavy atom. The first-order valence-electron chi connectivity index (χ1n) is 5.16. The predicted molar refractivity (Wildman–Crippen MR) is 75.9 cm³/mol. The number of methoxy groups -OCH3 is 2. The zero-order valence-corrected chi connectivity index (χ0v) is 12.3. The molecular formula is C12H20ClNO2S. The molecule has 0 aliphatic carbocycles. The lowest BCUT2D eigenvalue weighted by Crippen LogP contribution is -2.18. The zero-order chi connectivity index (χ0) is 12.1. The van der Waals surface area contributed by atoms with Gasteiger partial charge in [-0.05, 0) is 37.3 Å². The minimum atomic E-state index is 0. The smallest absolute Gasteiger partial charge is 0.132 e. The summed E-state index contributed by atoms with van der Waals surface area (Å²) in [5.41, 5.74) is 6.90. The predicted octanol–water partition coefficient (Wildman–Crippen LogP) is 2.74. The third-order valence-corrected chi connectivity index (χ3v) is 3.09. The first-order chi connectivity index (χ1) is 7.62. The topological polar surface area (TPSA) is 44.5 Å². The summed E-state index contributed by atoms with van der Waals surface area (Å²) in [7, 11) is 3.35. The Morgan fingerprint density at radius 2 is 1.82 bits per heavy atom. The van der Waals surface area contributed by atoms with E-state index in [1.807, 2.05) is 25.3 Å². The largest absolute Gasteiger partial charge is 0.496 e. The molecule has 5 heteroatoms. The Kier molecular flexibility index (Phi) is 7.43. The molecule has 2 N–H and O–H groups in total. The van der Waals surface area contributed by atoms with Gasteiger partial charge in [-0.3, -0.25) is 0 Å². The zero-order valence-electron chi connectivity index (χ0n) is 10.6. The molecule has 0 aromatic heterocycles. The van der Waals surface area contributed by atoms with Crippen molar-refractivity contribution in [3.8, 4) is 11.5 Å². The molecule has 0 saturated carbocycles. The molecule has 0 spiro atoms. The Hall–Kier alpha value is -0.580. The van der Waals surface area contributed by atoms with Crippen LogP contribution in [0.5, 0.6) is 11.5 Å². The van der Waals surface area contributed by atoms with E-state index in [4.69, 9.17) is 15.2 Å². The fourth-order valence-electron chi connectivity index (χ4n) is 1.60. The standard InChI is InChI=1S/C12H19NO2S.ClH/c1-8(13)5-9-6-11(15-3)12(16-4)7-10(9)14-2;/h6-8H,5,13H2,1-4H3;1H/t8-;/m0./s1. The van der Waals surface area contributed by atoms with E-state index in [9.17, 15) is 0 Å². The molecule has 1 rings (SSSR count). The quantitative estimate of drug-likeness (QED) is 0.841. The average Bonchev–Trinajstić information content (AvgIpc) is 2.27. The highest BCUT2D eigenvalue weighted by atomic mass is 35.5. The molecule has 98 valence electrons. The van der Waals surface area contributed by atoms with Crippen LogP contribution in [-0.2, 0) is 6.42 Å². The van der Waals surface area contributed by atoms with Gasteiger partial charge >= 0.3 is 0 Å². The monoisotopic (exact) mass is 277 g/mol. The molecule has 0 bridgehead atoms. The first-order valence-corrected chi connectivity index (χ1v) is 6.39. The normalized spacial score (nSPS) is 11.6. The van der Waals surface area contributed by atoms with E-state index >= 15 is 0 Å². The van der Waals surface area contributed by atoms with Crippen LogP contribution in [0.1, 0.15) is 12.5 Å². The van der Waals surface area contributed by atoms with Crippen molar-refractivity contribution in [2.75, 3.05) is 20.5 Å². The molecule has 0 amide bonds. The number of hydrogen-bond acceptors (Lipinski definition) is 4. The minimum absolute atomic E-state index is 0. The van der Waals surface area contributed by atoms with E-state index in [1.165, 1.54) is 0 Å². The Bertz CT molecular complexity index is 359. The van der Waals surface area contributed by atoms with Gasteiger partial charge in [0.2, 0.25) is 0 Å². The van der Waals surface area contributed by atoms with Crippen molar-refractivity contribution in [3.63, 3.8) is 0 Å². The molecule has 0 unspecified atom stereocenters. The summed E-state index contributed by atoms with van der Waals surface area (Å²) in [5.74, 6) is 1.76. The highest BCUT2D eigenvalue weighted by Crippen LogP contribution is 2.34. The summed E-state index contributed by atoms with van der Waals surface area (Å²) in [6, 6.07) is 4.12. The van der Waals surface area contributed by atoms with Crippen LogP contribution in [0.15, 0.2) is 17.0 Å². The molecule has 0 aliphatic heterocycles. The van der Waals surface area contributed by atoms with Crippen LogP contribution in [-0.4, -0.2) is 26.5 Å². The fourth-order valence-corrected chi connectivity index (χ4v) is 2.17. The van der Waals surface area contributed by atoms with Gasteiger partial charge in [0, 0.05) is 6.04 Å². The molecule has 17 heavy (non-hydrogen) atoms. The second-order valence-corrected chi connectivity index (χ2v) is 4.55. The van der Waals surface area contributed by atoms with Gasteiger partial charge in [0.25, 0.3) is 0 Å². The fraction of sp³-hybridized carbons (Fsp3) is 0.500. The first kappa shape index (κ1) is 16.4. The van der Waals surface area contributed by atoms with Gasteiger partial charge in [0.1, 0.15) is 11.5 Å². The number of nitrogens with two attached hydrogens (primary N) is 1. The van der Waals surface area contributed by atoms with Crippen LogP contribution in [0.2, 0.25) is 0 Å². The maximum Gasteiger partial charge on any atom is 0.132 e. The lowest BCUT2D eigenvalue weighted by molar-refractivity contribution is 0.389. The maximum absolute atomic E-state index is 5.81. The van der Waals surface area contributed by atoms with Gasteiger partial charge in [-0.25, -0.2) is 0 Å². The molecule has 0 saturated heterocycles. The van der Waals surface area contributed by atoms with Crippen LogP contribution in [0.25, 0.3) is 0 Å². The molecule has 1 aromatic carbocycles. The van der Waals surface area contributed by atoms with Crippen molar-refractivity contribution < 1.29 is 9.47 Å². The van der Waals surface area contributed by atoms with E-state index in [0.29, 0.717) is 0 Å². The van der Waals surface area contributed by atoms with Gasteiger partial charge in [-0.2, -0.15) is 0 Å². The van der Waals surface area contributed by atoms with E-state index in [-0.39, 0.29) is 18.4 Å². The summed E-state index contributed by atoms with van der Waals surface area (Å²) < 4.78 is 10.7. The molecular weight excluding hydrogens is 258 g/mol. The Morgan fingerprint density at radius 3 is 2.24 bits per heavy atom. The molecule has 0 heterocycles. The summed E-state index contributed by atoms with van der Waals surface area (Å²) in [5, 5.41) is 0. The SMILES string of the molecule is COc1cc(SC)c(OC)cc1C[C@H](C)N.Cl. The van der Waals surface area contributed by atoms with E-state index in [0.717, 1.165) is 28.4 Å². The summed E-state index contributed by atoms with van der Waals surface area (Å²) >= 11 is 1.64. The summed E-state index contributed by atoms with van der Waals surface area (Å²) in [4.78, 5) is 1.08. The van der Waals surface area contributed by atoms with Crippen LogP contribution >= 0.6 is 24.2 Å². The maximum atomic E-state index is 5.81. The van der Waals surface area contributed by atoms with Crippen LogP contribution in [0.3, 0.4) is 0 Å². The summed E-state index contributed by atoms with van der Waals surface area (Å²) in [6.07, 6.45) is 2.80. The molecule has 0 radical (unpaired) electrons. The van der Waals surface area contributed by atoms with Crippen molar-refractivity contribution >= 4 is 24.2 Å². The summed E-state index contributed by atoms with van der Waals surface area (Å²) in [6.45, 7) is 1.98. The van der Waals surface area contributed by atoms with Gasteiger partial charge in [-0.1, -0.05) is 0 Å². The molecule has 0 fully saturated rings. The van der Waals surface area contributed by atoms with Gasteiger partial charge in [-0.15, -0.1) is 24.2 Å². The van der Waals surface area contributed by atoms with Crippen LogP contribution in [0.4, 0.5) is 0 Å². The lowest BCUT2D eigenvalue weighted by atomic mass is 10.1. The highest BCUT2D eigenvalue weighted by Gasteiger charge is 2.11. The lowest BCUT2D eigenvalue weighted by Gasteiger charge is -2.15. The highest BCUT2D eigenvalue weighted by molar-refractivity contribution is 7.98. The number of ether oxygens (including phenoxy) is 2. The third kappa shape index (κ3) is 4.30. The van der Waals surface area contributed by atoms with E-state index in [2.05, 4.69) is 0 Å². The van der Waals surface area contributed by atoms with Crippen LogP contribution in [0, 0.1) is 0 Å². The third-order valence-electron chi connectivity index (χ3n) is 2.33. The average molecular weight is 278 g/mol.